The molecule has 0 fully saturated rings. The molecule has 2 aromatic rings. The molecular formula is C20H22ClFN2O. The summed E-state index contributed by atoms with van der Waals surface area (Å²) in [6.45, 7) is 3.58. The van der Waals surface area contributed by atoms with Crippen LogP contribution in [0, 0.1) is 5.82 Å². The summed E-state index contributed by atoms with van der Waals surface area (Å²) in [5, 5.41) is 3.20. The lowest BCUT2D eigenvalue weighted by Gasteiger charge is -2.28. The lowest BCUT2D eigenvalue weighted by molar-refractivity contribution is -0.120. The van der Waals surface area contributed by atoms with Gasteiger partial charge in [0.15, 0.2) is 0 Å². The molecule has 1 aliphatic rings. The maximum atomic E-state index is 13.7. The van der Waals surface area contributed by atoms with Crippen LogP contribution in [0.2, 0.25) is 5.02 Å². The number of fused-ring (bicyclic) bond motifs is 1. The van der Waals surface area contributed by atoms with Crippen LogP contribution in [0.25, 0.3) is 0 Å². The fourth-order valence-corrected chi connectivity index (χ4v) is 3.33. The number of nitrogens with one attached hydrogen (secondary N) is 1. The zero-order chi connectivity index (χ0) is 17.6. The van der Waals surface area contributed by atoms with Crippen molar-refractivity contribution in [2.75, 3.05) is 19.6 Å². The molecular weight excluding hydrogens is 339 g/mol. The molecule has 132 valence electrons. The van der Waals surface area contributed by atoms with E-state index < -0.39 is 5.82 Å². The van der Waals surface area contributed by atoms with Gasteiger partial charge >= 0.3 is 0 Å². The first-order chi connectivity index (χ1) is 12.1. The Balaban J connectivity index is 1.38. The van der Waals surface area contributed by atoms with Gasteiger partial charge in [-0.15, -0.1) is 0 Å². The molecule has 25 heavy (non-hydrogen) atoms. The van der Waals surface area contributed by atoms with Crippen molar-refractivity contribution < 1.29 is 9.18 Å². The van der Waals surface area contributed by atoms with Gasteiger partial charge in [0.25, 0.3) is 0 Å². The molecule has 0 atom stereocenters. The smallest absolute Gasteiger partial charge is 0.224 e. The lowest BCUT2D eigenvalue weighted by Crippen LogP contribution is -2.34. The minimum Gasteiger partial charge on any atom is -0.356 e. The van der Waals surface area contributed by atoms with E-state index in [4.69, 9.17) is 11.6 Å². The van der Waals surface area contributed by atoms with E-state index in [1.165, 1.54) is 17.2 Å². The molecule has 1 N–H and O–H groups in total. The van der Waals surface area contributed by atoms with E-state index in [-0.39, 0.29) is 12.3 Å². The highest BCUT2D eigenvalue weighted by atomic mass is 35.5. The van der Waals surface area contributed by atoms with Crippen LogP contribution >= 0.6 is 11.6 Å². The predicted octanol–water partition coefficient (Wildman–Crippen LogP) is 3.59. The van der Waals surface area contributed by atoms with Crippen molar-refractivity contribution in [3.63, 3.8) is 0 Å². The number of hydrogen-bond donors (Lipinski definition) is 1. The number of rotatable bonds is 6. The second kappa shape index (κ2) is 8.45. The minimum absolute atomic E-state index is 0.0418. The van der Waals surface area contributed by atoms with Crippen LogP contribution in [0.1, 0.15) is 23.1 Å². The Morgan fingerprint density at radius 3 is 2.80 bits per heavy atom. The van der Waals surface area contributed by atoms with Crippen molar-refractivity contribution in [2.24, 2.45) is 0 Å². The van der Waals surface area contributed by atoms with Gasteiger partial charge in [-0.25, -0.2) is 4.39 Å². The highest BCUT2D eigenvalue weighted by Crippen LogP contribution is 2.18. The average molecular weight is 361 g/mol. The first-order valence-corrected chi connectivity index (χ1v) is 8.99. The van der Waals surface area contributed by atoms with Crippen molar-refractivity contribution >= 4 is 17.5 Å². The van der Waals surface area contributed by atoms with Crippen molar-refractivity contribution in [3.05, 3.63) is 70.0 Å². The van der Waals surface area contributed by atoms with Crippen molar-refractivity contribution in [1.29, 1.82) is 0 Å². The second-order valence-electron chi connectivity index (χ2n) is 6.41. The van der Waals surface area contributed by atoms with Gasteiger partial charge in [-0.2, -0.15) is 0 Å². The molecule has 1 amide bonds. The Hall–Kier alpha value is -1.91. The van der Waals surface area contributed by atoms with Crippen molar-refractivity contribution in [3.8, 4) is 0 Å². The van der Waals surface area contributed by atoms with Crippen molar-refractivity contribution in [2.45, 2.75) is 25.8 Å². The molecule has 3 rings (SSSR count). The molecule has 2 aromatic carbocycles. The van der Waals surface area contributed by atoms with E-state index in [0.717, 1.165) is 32.5 Å². The minimum atomic E-state index is -0.436. The van der Waals surface area contributed by atoms with Crippen LogP contribution in [-0.2, 0) is 24.2 Å². The van der Waals surface area contributed by atoms with Crippen molar-refractivity contribution in [1.82, 2.24) is 10.2 Å². The Bertz CT molecular complexity index is 750. The third kappa shape index (κ3) is 5.03. The SMILES string of the molecule is O=C(Cc1ccc(Cl)cc1F)NCCCN1CCc2ccccc2C1. The van der Waals surface area contributed by atoms with Crippen LogP contribution in [0.3, 0.4) is 0 Å². The molecule has 0 aliphatic carbocycles. The largest absolute Gasteiger partial charge is 0.356 e. The van der Waals surface area contributed by atoms with E-state index in [2.05, 4.69) is 34.5 Å². The summed E-state index contributed by atoms with van der Waals surface area (Å²) in [5.41, 5.74) is 3.21. The summed E-state index contributed by atoms with van der Waals surface area (Å²) in [5.74, 6) is -0.597. The number of benzene rings is 2. The lowest BCUT2D eigenvalue weighted by atomic mass is 10.00. The van der Waals surface area contributed by atoms with Crippen LogP contribution in [0.5, 0.6) is 0 Å². The summed E-state index contributed by atoms with van der Waals surface area (Å²) in [7, 11) is 0. The third-order valence-corrected chi connectivity index (χ3v) is 4.78. The van der Waals surface area contributed by atoms with E-state index in [1.807, 2.05) is 0 Å². The molecule has 0 unspecified atom stereocenters. The molecule has 3 nitrogen and oxygen atoms in total. The van der Waals surface area contributed by atoms with Gasteiger partial charge < -0.3 is 5.32 Å². The predicted molar refractivity (Wildman–Crippen MR) is 98.2 cm³/mol. The third-order valence-electron chi connectivity index (χ3n) is 4.55. The Morgan fingerprint density at radius 1 is 1.20 bits per heavy atom. The summed E-state index contributed by atoms with van der Waals surface area (Å²) in [6.07, 6.45) is 2.01. The Kier molecular flexibility index (Phi) is 6.05. The Labute approximate surface area is 152 Å². The van der Waals surface area contributed by atoms with Gasteiger partial charge in [0.2, 0.25) is 5.91 Å². The number of hydrogen-bond acceptors (Lipinski definition) is 2. The van der Waals surface area contributed by atoms with E-state index in [1.54, 1.807) is 12.1 Å². The van der Waals surface area contributed by atoms with Gasteiger partial charge in [-0.05, 0) is 41.7 Å². The van der Waals surface area contributed by atoms with E-state index >= 15 is 0 Å². The standard InChI is InChI=1S/C20H22ClFN2O/c21-18-7-6-16(19(22)13-18)12-20(25)23-9-3-10-24-11-8-15-4-1-2-5-17(15)14-24/h1-2,4-7,13H,3,8-12,14H2,(H,23,25). The highest BCUT2D eigenvalue weighted by molar-refractivity contribution is 6.30. The summed E-state index contributed by atoms with van der Waals surface area (Å²) in [4.78, 5) is 14.4. The molecule has 1 aliphatic heterocycles. The topological polar surface area (TPSA) is 32.3 Å². The monoisotopic (exact) mass is 360 g/mol. The molecule has 5 heteroatoms. The number of halogens is 2. The van der Waals surface area contributed by atoms with Crippen LogP contribution in [0.15, 0.2) is 42.5 Å². The molecule has 0 saturated heterocycles. The maximum absolute atomic E-state index is 13.7. The fraction of sp³-hybridized carbons (Fsp3) is 0.350. The maximum Gasteiger partial charge on any atom is 0.224 e. The number of amides is 1. The summed E-state index contributed by atoms with van der Waals surface area (Å²) >= 11 is 5.72. The molecule has 0 aromatic heterocycles. The van der Waals surface area contributed by atoms with Gasteiger partial charge in [-0.3, -0.25) is 9.69 Å². The number of carbonyl (C=O) groups excluding carboxylic acids is 1. The van der Waals surface area contributed by atoms with Gasteiger partial charge in [0, 0.05) is 31.2 Å². The van der Waals surface area contributed by atoms with Gasteiger partial charge in [0.05, 0.1) is 6.42 Å². The van der Waals surface area contributed by atoms with Crippen LogP contribution < -0.4 is 5.32 Å². The summed E-state index contributed by atoms with van der Waals surface area (Å²) < 4.78 is 13.7. The summed E-state index contributed by atoms with van der Waals surface area (Å²) in [6, 6.07) is 12.9. The van der Waals surface area contributed by atoms with Gasteiger partial charge in [-0.1, -0.05) is 41.9 Å². The van der Waals surface area contributed by atoms with Crippen LogP contribution in [0.4, 0.5) is 4.39 Å². The average Bonchev–Trinajstić information content (AvgIpc) is 2.61. The molecule has 0 radical (unpaired) electrons. The zero-order valence-corrected chi connectivity index (χ0v) is 14.9. The number of carbonyl (C=O) groups is 1. The first kappa shape index (κ1) is 17.9. The zero-order valence-electron chi connectivity index (χ0n) is 14.1. The quantitative estimate of drug-likeness (QED) is 0.798. The molecule has 0 saturated carbocycles. The number of nitrogens with zero attached hydrogens (tertiary/aromatic N) is 1. The Morgan fingerprint density at radius 2 is 2.00 bits per heavy atom. The molecule has 1 heterocycles. The van der Waals surface area contributed by atoms with E-state index in [0.29, 0.717) is 17.1 Å². The fourth-order valence-electron chi connectivity index (χ4n) is 3.18. The second-order valence-corrected chi connectivity index (χ2v) is 6.85. The molecule has 0 bridgehead atoms. The van der Waals surface area contributed by atoms with Crippen LogP contribution in [-0.4, -0.2) is 30.4 Å². The molecule has 0 spiro atoms. The first-order valence-electron chi connectivity index (χ1n) is 8.61. The highest BCUT2D eigenvalue weighted by Gasteiger charge is 2.15. The normalized spacial score (nSPS) is 14.2. The van der Waals surface area contributed by atoms with Gasteiger partial charge in [0.1, 0.15) is 5.82 Å². The van der Waals surface area contributed by atoms with E-state index in [9.17, 15) is 9.18 Å².